The lowest BCUT2D eigenvalue weighted by Gasteiger charge is -2.35. The molecule has 0 aromatic heterocycles. The molecule has 2 aromatic carbocycles. The van der Waals surface area contributed by atoms with E-state index in [0.29, 0.717) is 0 Å². The van der Waals surface area contributed by atoms with Gasteiger partial charge in [0.1, 0.15) is 23.0 Å². The number of aromatic hydroxyl groups is 2. The molecular formula is C32H30O10. The minimum atomic E-state index is -0.684. The van der Waals surface area contributed by atoms with Crippen LogP contribution in [0.15, 0.2) is 34.4 Å². The number of carbonyl (C=O) groups is 4. The van der Waals surface area contributed by atoms with Crippen LogP contribution in [-0.4, -0.2) is 72.0 Å². The summed E-state index contributed by atoms with van der Waals surface area (Å²) < 4.78 is 22.9. The Bertz CT molecular complexity index is 1580. The van der Waals surface area contributed by atoms with E-state index in [0.717, 1.165) is 0 Å². The van der Waals surface area contributed by atoms with Crippen LogP contribution >= 0.6 is 0 Å². The number of Topliss-reactive ketones (excluding diaryl/α,β-unsaturated/α-hetero) is 4. The maximum Gasteiger partial charge on any atom is 0.196 e. The molecule has 0 fully saturated rings. The molecule has 4 aliphatic rings. The van der Waals surface area contributed by atoms with Crippen molar-refractivity contribution in [2.24, 2.45) is 0 Å². The maximum atomic E-state index is 14.3. The van der Waals surface area contributed by atoms with E-state index < -0.39 is 46.8 Å². The van der Waals surface area contributed by atoms with E-state index in [2.05, 4.69) is 0 Å². The second-order valence-corrected chi connectivity index (χ2v) is 11.1. The van der Waals surface area contributed by atoms with Gasteiger partial charge in [-0.15, -0.1) is 0 Å². The number of ether oxygens (including phenoxy) is 4. The second-order valence-electron chi connectivity index (χ2n) is 11.1. The van der Waals surface area contributed by atoms with Crippen molar-refractivity contribution >= 4 is 23.1 Å². The highest BCUT2D eigenvalue weighted by Crippen LogP contribution is 2.53. The van der Waals surface area contributed by atoms with Gasteiger partial charge < -0.3 is 29.2 Å². The molecule has 10 nitrogen and oxygen atoms in total. The van der Waals surface area contributed by atoms with Gasteiger partial charge in [-0.3, -0.25) is 19.2 Å². The topological polar surface area (TPSA) is 146 Å². The fourth-order valence-corrected chi connectivity index (χ4v) is 6.88. The van der Waals surface area contributed by atoms with E-state index in [-0.39, 0.29) is 92.2 Å². The zero-order valence-electron chi connectivity index (χ0n) is 24.0. The summed E-state index contributed by atoms with van der Waals surface area (Å²) in [5, 5.41) is 22.1. The molecule has 218 valence electrons. The van der Waals surface area contributed by atoms with Gasteiger partial charge in [-0.2, -0.15) is 0 Å². The van der Waals surface area contributed by atoms with E-state index >= 15 is 0 Å². The lowest BCUT2D eigenvalue weighted by molar-refractivity contribution is 0.0145. The number of hydrogen-bond donors (Lipinski definition) is 2. The van der Waals surface area contributed by atoms with Crippen molar-refractivity contribution in [2.45, 2.75) is 65.0 Å². The van der Waals surface area contributed by atoms with Crippen LogP contribution in [0.3, 0.4) is 0 Å². The fraction of sp³-hybridized carbons (Fsp3) is 0.375. The van der Waals surface area contributed by atoms with E-state index in [1.807, 2.05) is 0 Å². The molecule has 0 unspecified atom stereocenters. The molecule has 2 aromatic rings. The molecule has 6 rings (SSSR count). The average molecular weight is 575 g/mol. The summed E-state index contributed by atoms with van der Waals surface area (Å²) in [6.45, 7) is 6.94. The van der Waals surface area contributed by atoms with Crippen molar-refractivity contribution < 1.29 is 48.3 Å². The van der Waals surface area contributed by atoms with Gasteiger partial charge in [-0.1, -0.05) is 0 Å². The molecular weight excluding hydrogens is 544 g/mol. The number of rotatable bonds is 3. The number of phenols is 2. The minimum Gasteiger partial charge on any atom is -0.507 e. The quantitative estimate of drug-likeness (QED) is 0.536. The fourth-order valence-electron chi connectivity index (χ4n) is 6.88. The Morgan fingerprint density at radius 3 is 1.29 bits per heavy atom. The summed E-state index contributed by atoms with van der Waals surface area (Å²) in [4.78, 5) is 56.4. The largest absolute Gasteiger partial charge is 0.507 e. The Labute approximate surface area is 241 Å². The smallest absolute Gasteiger partial charge is 0.196 e. The predicted molar refractivity (Wildman–Crippen MR) is 149 cm³/mol. The van der Waals surface area contributed by atoms with Gasteiger partial charge in [0.05, 0.1) is 49.8 Å². The monoisotopic (exact) mass is 574 g/mol. The normalized spacial score (nSPS) is 25.2. The standard InChI is InChI=1S/C32H30O10/c1-11-7-15-21(13(3)41-11)31(37)23-17(33)9-19(39-5)25(27(23)29(15)35)26-20(40-6)10-18(34)24-28(26)30(36)16-8-12(2)42-14(4)22(16)32(24)38/h9-14,33-34H,7-8H2,1-6H3/t11-,12-,13+,14+/m0/s1. The van der Waals surface area contributed by atoms with Gasteiger partial charge in [-0.05, 0) is 27.7 Å². The number of benzene rings is 2. The third-order valence-corrected chi connectivity index (χ3v) is 8.50. The lowest BCUT2D eigenvalue weighted by atomic mass is 9.72. The highest BCUT2D eigenvalue weighted by molar-refractivity contribution is 6.34. The Hall–Kier alpha value is -4.28. The summed E-state index contributed by atoms with van der Waals surface area (Å²) in [6.07, 6.45) is -1.74. The first kappa shape index (κ1) is 27.9. The van der Waals surface area contributed by atoms with Crippen molar-refractivity contribution in [2.75, 3.05) is 14.2 Å². The summed E-state index contributed by atoms with van der Waals surface area (Å²) in [5.74, 6) is -3.22. The highest BCUT2D eigenvalue weighted by Gasteiger charge is 2.46. The first-order valence-corrected chi connectivity index (χ1v) is 13.7. The molecule has 10 heteroatoms. The van der Waals surface area contributed by atoms with Crippen LogP contribution in [0.2, 0.25) is 0 Å². The van der Waals surface area contributed by atoms with Crippen LogP contribution in [0.4, 0.5) is 0 Å². The number of carbonyl (C=O) groups excluding carboxylic acids is 4. The van der Waals surface area contributed by atoms with Crippen LogP contribution in [0.5, 0.6) is 23.0 Å². The average Bonchev–Trinajstić information content (AvgIpc) is 2.92. The molecule has 0 amide bonds. The maximum absolute atomic E-state index is 14.3. The van der Waals surface area contributed by atoms with Gasteiger partial charge in [0.25, 0.3) is 0 Å². The van der Waals surface area contributed by atoms with Gasteiger partial charge in [0.15, 0.2) is 23.1 Å². The van der Waals surface area contributed by atoms with E-state index in [1.54, 1.807) is 27.7 Å². The first-order valence-electron chi connectivity index (χ1n) is 13.7. The van der Waals surface area contributed by atoms with Crippen molar-refractivity contribution in [3.8, 4) is 34.1 Å². The van der Waals surface area contributed by atoms with E-state index in [4.69, 9.17) is 18.9 Å². The molecule has 0 saturated heterocycles. The summed E-state index contributed by atoms with van der Waals surface area (Å²) in [6, 6.07) is 2.39. The van der Waals surface area contributed by atoms with Crippen molar-refractivity contribution in [1.82, 2.24) is 0 Å². The zero-order chi connectivity index (χ0) is 30.4. The summed E-state index contributed by atoms with van der Waals surface area (Å²) in [7, 11) is 2.63. The Morgan fingerprint density at radius 1 is 0.595 bits per heavy atom. The summed E-state index contributed by atoms with van der Waals surface area (Å²) in [5.41, 5.74) is -0.00332. The van der Waals surface area contributed by atoms with Crippen LogP contribution in [-0.2, 0) is 9.47 Å². The molecule has 2 aliphatic carbocycles. The van der Waals surface area contributed by atoms with Crippen molar-refractivity contribution in [3.05, 3.63) is 56.7 Å². The van der Waals surface area contributed by atoms with E-state index in [1.165, 1.54) is 26.4 Å². The molecule has 0 spiro atoms. The lowest BCUT2D eigenvalue weighted by Crippen LogP contribution is -2.37. The Kier molecular flexibility index (Phi) is 6.40. The number of phenolic OH excluding ortho intramolecular Hbond substituents is 2. The highest BCUT2D eigenvalue weighted by atomic mass is 16.5. The van der Waals surface area contributed by atoms with Crippen molar-refractivity contribution in [1.29, 1.82) is 0 Å². The van der Waals surface area contributed by atoms with Crippen LogP contribution in [0.1, 0.15) is 82.0 Å². The van der Waals surface area contributed by atoms with Gasteiger partial charge in [-0.25, -0.2) is 0 Å². The third-order valence-electron chi connectivity index (χ3n) is 8.50. The second kappa shape index (κ2) is 9.64. The predicted octanol–water partition coefficient (Wildman–Crippen LogP) is 4.53. The van der Waals surface area contributed by atoms with Crippen LogP contribution < -0.4 is 9.47 Å². The Morgan fingerprint density at radius 2 is 0.952 bits per heavy atom. The summed E-state index contributed by atoms with van der Waals surface area (Å²) >= 11 is 0. The van der Waals surface area contributed by atoms with Crippen LogP contribution in [0.25, 0.3) is 11.1 Å². The number of hydrogen-bond acceptors (Lipinski definition) is 10. The van der Waals surface area contributed by atoms with Gasteiger partial charge in [0.2, 0.25) is 0 Å². The molecule has 0 radical (unpaired) electrons. The number of fused-ring (bicyclic) bond motifs is 2. The number of ketones is 4. The van der Waals surface area contributed by atoms with E-state index in [9.17, 15) is 29.4 Å². The van der Waals surface area contributed by atoms with Gasteiger partial charge >= 0.3 is 0 Å². The third kappa shape index (κ3) is 3.71. The molecule has 0 saturated carbocycles. The van der Waals surface area contributed by atoms with Crippen molar-refractivity contribution in [3.63, 3.8) is 0 Å². The van der Waals surface area contributed by atoms with Gasteiger partial charge in [0, 0.05) is 69.5 Å². The minimum absolute atomic E-state index is 0.00783. The molecule has 2 aliphatic heterocycles. The molecule has 2 N–H and O–H groups in total. The van der Waals surface area contributed by atoms with Crippen LogP contribution in [0, 0.1) is 0 Å². The molecule has 4 atom stereocenters. The molecule has 42 heavy (non-hydrogen) atoms. The zero-order valence-corrected chi connectivity index (χ0v) is 24.0. The molecule has 0 bridgehead atoms. The SMILES string of the molecule is COc1cc(O)c2c(c1-c1c(OC)cc(O)c3c1C(=O)C1=C(C3=O)[C@@H](C)O[C@@H](C)C1)C(=O)C1=C(C2=O)[C@@H](C)O[C@@H](C)C1. The first-order chi connectivity index (χ1) is 19.9. The molecule has 2 heterocycles. The Balaban J connectivity index is 1.72. The number of methoxy groups -OCH3 is 2.